The number of hydrogen-bond donors (Lipinski definition) is 1. The van der Waals surface area contributed by atoms with Gasteiger partial charge in [0.05, 0.1) is 0 Å². The van der Waals surface area contributed by atoms with E-state index in [1.165, 1.54) is 0 Å². The van der Waals surface area contributed by atoms with Crippen molar-refractivity contribution in [1.29, 1.82) is 0 Å². The molecule has 0 spiro atoms. The monoisotopic (exact) mass is 180 g/mol. The molecule has 0 aliphatic carbocycles. The van der Waals surface area contributed by atoms with Crippen LogP contribution in [0.1, 0.15) is 19.3 Å². The average Bonchev–Trinajstić information content (AvgIpc) is 1.85. The molecule has 0 bridgehead atoms. The highest BCUT2D eigenvalue weighted by Gasteiger charge is 2.03. The molecule has 5 heteroatoms. The molecule has 2 radical (unpaired) electrons. The molecular weight excluding hydrogens is 170 g/mol. The van der Waals surface area contributed by atoms with Gasteiger partial charge in [0.1, 0.15) is 9.52 Å². The number of aliphatic carboxylic acids is 1. The Hall–Kier alpha value is -0.453. The maximum absolute atomic E-state index is 11.5. The number of carbonyl (C=O) groups is 1. The van der Waals surface area contributed by atoms with E-state index in [1.807, 2.05) is 0 Å². The molecule has 0 aromatic carbocycles. The van der Waals surface area contributed by atoms with Crippen LogP contribution >= 0.6 is 0 Å². The third kappa shape index (κ3) is 9.55. The fraction of sp³-hybridized carbons (Fsp3) is 0.833. The minimum Gasteiger partial charge on any atom is -0.481 e. The van der Waals surface area contributed by atoms with Crippen LogP contribution in [0.4, 0.5) is 8.78 Å². The molecule has 0 heterocycles. The van der Waals surface area contributed by atoms with E-state index in [1.54, 1.807) is 0 Å². The molecule has 0 fully saturated rings. The molecule has 0 aliphatic rings. The number of unbranched alkanes of at least 4 members (excludes halogenated alkanes) is 1. The number of carboxylic acid groups (broad SMARTS) is 1. The highest BCUT2D eigenvalue weighted by molar-refractivity contribution is 6.36. The van der Waals surface area contributed by atoms with Gasteiger partial charge < -0.3 is 5.11 Å². The van der Waals surface area contributed by atoms with Crippen LogP contribution in [0.5, 0.6) is 0 Å². The molecule has 11 heavy (non-hydrogen) atoms. The van der Waals surface area contributed by atoms with Gasteiger partial charge in [-0.2, -0.15) is 0 Å². The van der Waals surface area contributed by atoms with Gasteiger partial charge in [-0.1, -0.05) is 12.5 Å². The summed E-state index contributed by atoms with van der Waals surface area (Å²) in [5.74, 6) is -0.856. The summed E-state index contributed by atoms with van der Waals surface area (Å²) >= 11 is 0. The Kier molecular flexibility index (Phi) is 6.01. The first-order chi connectivity index (χ1) is 5.13. The van der Waals surface area contributed by atoms with Gasteiger partial charge in [0, 0.05) is 6.42 Å². The van der Waals surface area contributed by atoms with E-state index in [0.29, 0.717) is 18.9 Å². The van der Waals surface area contributed by atoms with Crippen molar-refractivity contribution in [2.45, 2.75) is 31.4 Å². The minimum atomic E-state index is -2.22. The van der Waals surface area contributed by atoms with Crippen LogP contribution in [-0.2, 0) is 4.79 Å². The molecule has 0 rings (SSSR count). The fourth-order valence-electron chi connectivity index (χ4n) is 0.612. The van der Waals surface area contributed by atoms with Crippen molar-refractivity contribution in [3.05, 3.63) is 0 Å². The Bertz CT molecular complexity index is 119. The second-order valence-corrected chi connectivity index (χ2v) is 3.45. The van der Waals surface area contributed by atoms with E-state index in [4.69, 9.17) is 5.11 Å². The first kappa shape index (κ1) is 10.5. The van der Waals surface area contributed by atoms with E-state index < -0.39 is 12.0 Å². The summed E-state index contributed by atoms with van der Waals surface area (Å²) < 4.78 is 23.0. The van der Waals surface area contributed by atoms with Crippen LogP contribution < -0.4 is 0 Å². The SMILES string of the molecule is O=C(O)CCCC[Si]C(F)F. The molecule has 0 unspecified atom stereocenters. The van der Waals surface area contributed by atoms with E-state index >= 15 is 0 Å². The largest absolute Gasteiger partial charge is 0.481 e. The molecule has 64 valence electrons. The van der Waals surface area contributed by atoms with Gasteiger partial charge in [0.25, 0.3) is 0 Å². The van der Waals surface area contributed by atoms with E-state index in [2.05, 4.69) is 0 Å². The quantitative estimate of drug-likeness (QED) is 0.498. The number of halogens is 2. The molecule has 0 aromatic rings. The predicted molar refractivity (Wildman–Crippen MR) is 38.1 cm³/mol. The van der Waals surface area contributed by atoms with Crippen molar-refractivity contribution in [2.75, 3.05) is 0 Å². The molecule has 0 aromatic heterocycles. The van der Waals surface area contributed by atoms with Crippen LogP contribution in [-0.4, -0.2) is 26.6 Å². The smallest absolute Gasteiger partial charge is 0.303 e. The fourth-order valence-corrected chi connectivity index (χ4v) is 1.28. The van der Waals surface area contributed by atoms with Gasteiger partial charge in [0.2, 0.25) is 6.05 Å². The number of hydrogen-bond acceptors (Lipinski definition) is 1. The van der Waals surface area contributed by atoms with Gasteiger partial charge in [-0.05, 0) is 6.42 Å². The van der Waals surface area contributed by atoms with Gasteiger partial charge in [-0.25, -0.2) is 8.78 Å². The van der Waals surface area contributed by atoms with Crippen molar-refractivity contribution in [2.24, 2.45) is 0 Å². The van der Waals surface area contributed by atoms with E-state index in [9.17, 15) is 13.6 Å². The Morgan fingerprint density at radius 2 is 2.09 bits per heavy atom. The lowest BCUT2D eigenvalue weighted by Gasteiger charge is -1.96. The topological polar surface area (TPSA) is 37.3 Å². The summed E-state index contributed by atoms with van der Waals surface area (Å²) in [6.45, 7) is 0. The standard InChI is InChI=1S/C6H10F2O2Si/c7-6(8)11-4-2-1-3-5(9)10/h6H,1-4H2,(H,9,10). The van der Waals surface area contributed by atoms with Crippen molar-refractivity contribution in [1.82, 2.24) is 0 Å². The zero-order valence-corrected chi connectivity index (χ0v) is 7.02. The first-order valence-corrected chi connectivity index (χ1v) is 4.64. The molecule has 0 saturated carbocycles. The van der Waals surface area contributed by atoms with Gasteiger partial charge in [-0.15, -0.1) is 0 Å². The van der Waals surface area contributed by atoms with Gasteiger partial charge in [-0.3, -0.25) is 4.79 Å². The zero-order valence-electron chi connectivity index (χ0n) is 6.02. The maximum Gasteiger partial charge on any atom is 0.303 e. The van der Waals surface area contributed by atoms with Crippen molar-refractivity contribution >= 4 is 15.5 Å². The van der Waals surface area contributed by atoms with Crippen molar-refractivity contribution < 1.29 is 18.7 Å². The van der Waals surface area contributed by atoms with Gasteiger partial charge in [0.15, 0.2) is 0 Å². The van der Waals surface area contributed by atoms with Crippen LogP contribution in [0.25, 0.3) is 0 Å². The Morgan fingerprint density at radius 1 is 1.45 bits per heavy atom. The summed E-state index contributed by atoms with van der Waals surface area (Å²) in [6.07, 6.45) is 1.19. The Balaban J connectivity index is 2.97. The van der Waals surface area contributed by atoms with Crippen LogP contribution in [0.2, 0.25) is 6.04 Å². The van der Waals surface area contributed by atoms with Crippen LogP contribution in [0.3, 0.4) is 0 Å². The molecule has 0 amide bonds. The second kappa shape index (κ2) is 6.27. The molecule has 1 N–H and O–H groups in total. The molecule has 0 aliphatic heterocycles. The summed E-state index contributed by atoms with van der Waals surface area (Å²) in [5.41, 5.74) is 0. The van der Waals surface area contributed by atoms with Gasteiger partial charge >= 0.3 is 5.97 Å². The lowest BCUT2D eigenvalue weighted by atomic mass is 10.2. The third-order valence-corrected chi connectivity index (χ3v) is 2.07. The minimum absolute atomic E-state index is 0.0910. The predicted octanol–water partition coefficient (Wildman–Crippen LogP) is 1.59. The summed E-state index contributed by atoms with van der Waals surface area (Å²) in [5, 5.41) is 8.18. The lowest BCUT2D eigenvalue weighted by Crippen LogP contribution is -2.03. The normalized spacial score (nSPS) is 10.5. The summed E-state index contributed by atoms with van der Waals surface area (Å²) in [7, 11) is -0.334. The molecular formula is C6H10F2O2Si. The Morgan fingerprint density at radius 3 is 2.55 bits per heavy atom. The number of carboxylic acids is 1. The molecule has 2 nitrogen and oxygen atoms in total. The van der Waals surface area contributed by atoms with E-state index in [-0.39, 0.29) is 15.9 Å². The summed E-state index contributed by atoms with van der Waals surface area (Å²) in [6, 6.07) is -1.77. The number of alkyl halides is 2. The highest BCUT2D eigenvalue weighted by atomic mass is 28.2. The molecule has 0 atom stereocenters. The first-order valence-electron chi connectivity index (χ1n) is 3.36. The van der Waals surface area contributed by atoms with Crippen LogP contribution in [0.15, 0.2) is 0 Å². The Labute approximate surface area is 66.4 Å². The zero-order chi connectivity index (χ0) is 8.69. The molecule has 0 saturated heterocycles. The number of rotatable bonds is 6. The average molecular weight is 180 g/mol. The highest BCUT2D eigenvalue weighted by Crippen LogP contribution is 2.02. The van der Waals surface area contributed by atoms with Crippen molar-refractivity contribution in [3.63, 3.8) is 0 Å². The van der Waals surface area contributed by atoms with Crippen molar-refractivity contribution in [3.8, 4) is 0 Å². The van der Waals surface area contributed by atoms with E-state index in [0.717, 1.165) is 0 Å². The lowest BCUT2D eigenvalue weighted by molar-refractivity contribution is -0.137. The second-order valence-electron chi connectivity index (χ2n) is 2.11. The van der Waals surface area contributed by atoms with Crippen LogP contribution in [0, 0.1) is 0 Å². The third-order valence-electron chi connectivity index (χ3n) is 1.12. The summed E-state index contributed by atoms with van der Waals surface area (Å²) in [4.78, 5) is 9.95. The maximum atomic E-state index is 11.5.